The number of ether oxygens (including phenoxy) is 1. The second-order valence-corrected chi connectivity index (χ2v) is 5.83. The molecule has 1 unspecified atom stereocenters. The van der Waals surface area contributed by atoms with Crippen LogP contribution in [0.15, 0.2) is 42.6 Å². The molecular weight excluding hydrogens is 313 g/mol. The molecule has 0 bridgehead atoms. The van der Waals surface area contributed by atoms with Gasteiger partial charge in [-0.15, -0.1) is 5.10 Å². The molecule has 2 heterocycles. The van der Waals surface area contributed by atoms with E-state index in [1.165, 1.54) is 18.3 Å². The quantitative estimate of drug-likeness (QED) is 0.907. The van der Waals surface area contributed by atoms with Crippen molar-refractivity contribution in [2.45, 2.75) is 12.0 Å². The third kappa shape index (κ3) is 3.58. The molecular formula is C17H18FN3O3. The number of aromatic nitrogens is 2. The number of aliphatic hydroxyl groups is 1. The largest absolute Gasteiger partial charge is 0.393 e. The van der Waals surface area contributed by atoms with Gasteiger partial charge in [-0.3, -0.25) is 4.79 Å². The number of carbonyl (C=O) groups is 1. The van der Waals surface area contributed by atoms with Gasteiger partial charge in [0, 0.05) is 19.2 Å². The Morgan fingerprint density at radius 1 is 1.38 bits per heavy atom. The summed E-state index contributed by atoms with van der Waals surface area (Å²) in [4.78, 5) is 14.1. The van der Waals surface area contributed by atoms with Crippen LogP contribution in [0.5, 0.6) is 0 Å². The minimum atomic E-state index is -0.954. The third-order valence-electron chi connectivity index (χ3n) is 4.03. The molecule has 1 fully saturated rings. The Labute approximate surface area is 138 Å². The average Bonchev–Trinajstić information content (AvgIpc) is 2.62. The van der Waals surface area contributed by atoms with Crippen LogP contribution in [-0.4, -0.2) is 58.0 Å². The van der Waals surface area contributed by atoms with Crippen molar-refractivity contribution >= 4 is 5.91 Å². The van der Waals surface area contributed by atoms with Crippen LogP contribution in [-0.2, 0) is 11.2 Å². The molecule has 0 aliphatic carbocycles. The summed E-state index contributed by atoms with van der Waals surface area (Å²) in [5.74, 6) is -0.604. The number of morpholine rings is 1. The first-order valence-corrected chi connectivity index (χ1v) is 7.68. The number of amides is 1. The van der Waals surface area contributed by atoms with Gasteiger partial charge in [-0.25, -0.2) is 4.39 Å². The number of carbonyl (C=O) groups excluding carboxylic acids is 1. The normalized spacial score (nSPS) is 20.8. The first-order chi connectivity index (χ1) is 11.6. The number of hydrogen-bond acceptors (Lipinski definition) is 5. The summed E-state index contributed by atoms with van der Waals surface area (Å²) in [6.07, 6.45) is 1.81. The Balaban J connectivity index is 1.78. The number of rotatable bonds is 4. The Kier molecular flexibility index (Phi) is 4.82. The first kappa shape index (κ1) is 16.5. The fourth-order valence-electron chi connectivity index (χ4n) is 2.87. The van der Waals surface area contributed by atoms with Crippen molar-refractivity contribution in [1.82, 2.24) is 15.1 Å². The van der Waals surface area contributed by atoms with Crippen molar-refractivity contribution in [1.29, 1.82) is 0 Å². The van der Waals surface area contributed by atoms with Gasteiger partial charge < -0.3 is 14.7 Å². The van der Waals surface area contributed by atoms with Crippen LogP contribution in [0.4, 0.5) is 4.39 Å². The van der Waals surface area contributed by atoms with E-state index in [9.17, 15) is 14.3 Å². The fourth-order valence-corrected chi connectivity index (χ4v) is 2.87. The van der Waals surface area contributed by atoms with Gasteiger partial charge in [-0.05, 0) is 29.8 Å². The summed E-state index contributed by atoms with van der Waals surface area (Å²) in [5, 5.41) is 17.4. The van der Waals surface area contributed by atoms with Crippen LogP contribution in [0.1, 0.15) is 16.1 Å². The van der Waals surface area contributed by atoms with E-state index in [1.807, 2.05) is 0 Å². The van der Waals surface area contributed by atoms with Crippen molar-refractivity contribution in [3.63, 3.8) is 0 Å². The molecule has 6 nitrogen and oxygen atoms in total. The monoisotopic (exact) mass is 331 g/mol. The number of halogens is 1. The zero-order valence-corrected chi connectivity index (χ0v) is 13.1. The van der Waals surface area contributed by atoms with Gasteiger partial charge >= 0.3 is 0 Å². The van der Waals surface area contributed by atoms with E-state index in [2.05, 4.69) is 10.2 Å². The van der Waals surface area contributed by atoms with Crippen molar-refractivity contribution in [3.8, 4) is 0 Å². The fraction of sp³-hybridized carbons (Fsp3) is 0.353. The summed E-state index contributed by atoms with van der Waals surface area (Å²) in [6.45, 7) is 0.630. The SMILES string of the molecule is O=C(c1cccnn1)N1CCOC(CO)(Cc2cccc(F)c2)C1. The Morgan fingerprint density at radius 3 is 2.96 bits per heavy atom. The lowest BCUT2D eigenvalue weighted by Crippen LogP contribution is -2.57. The average molecular weight is 331 g/mol. The second kappa shape index (κ2) is 7.02. The maximum absolute atomic E-state index is 13.4. The van der Waals surface area contributed by atoms with Crippen molar-refractivity contribution in [2.75, 3.05) is 26.3 Å². The van der Waals surface area contributed by atoms with Crippen molar-refractivity contribution < 1.29 is 19.0 Å². The molecule has 2 aromatic rings. The van der Waals surface area contributed by atoms with Gasteiger partial charge in [0.15, 0.2) is 5.69 Å². The van der Waals surface area contributed by atoms with Crippen LogP contribution in [0, 0.1) is 5.82 Å². The molecule has 1 aliphatic heterocycles. The molecule has 0 radical (unpaired) electrons. The predicted octanol–water partition coefficient (Wildman–Crippen LogP) is 1.06. The lowest BCUT2D eigenvalue weighted by Gasteiger charge is -2.41. The highest BCUT2D eigenvalue weighted by molar-refractivity contribution is 5.92. The summed E-state index contributed by atoms with van der Waals surface area (Å²) >= 11 is 0. The van der Waals surface area contributed by atoms with E-state index in [4.69, 9.17) is 4.74 Å². The molecule has 1 N–H and O–H groups in total. The number of hydrogen-bond donors (Lipinski definition) is 1. The van der Waals surface area contributed by atoms with Crippen molar-refractivity contribution in [3.05, 3.63) is 59.7 Å². The van der Waals surface area contributed by atoms with E-state index < -0.39 is 5.60 Å². The third-order valence-corrected chi connectivity index (χ3v) is 4.03. The summed E-state index contributed by atoms with van der Waals surface area (Å²) in [6, 6.07) is 9.39. The lowest BCUT2D eigenvalue weighted by atomic mass is 9.93. The lowest BCUT2D eigenvalue weighted by molar-refractivity contribution is -0.123. The maximum atomic E-state index is 13.4. The van der Waals surface area contributed by atoms with Crippen LogP contribution in [0.2, 0.25) is 0 Å². The van der Waals surface area contributed by atoms with Gasteiger partial charge in [0.1, 0.15) is 11.4 Å². The van der Waals surface area contributed by atoms with E-state index in [0.29, 0.717) is 25.1 Å². The van der Waals surface area contributed by atoms with Gasteiger partial charge in [0.2, 0.25) is 0 Å². The molecule has 1 saturated heterocycles. The molecule has 1 atom stereocenters. The summed E-state index contributed by atoms with van der Waals surface area (Å²) in [7, 11) is 0. The maximum Gasteiger partial charge on any atom is 0.274 e. The zero-order valence-electron chi connectivity index (χ0n) is 13.1. The van der Waals surface area contributed by atoms with Gasteiger partial charge in [-0.1, -0.05) is 12.1 Å². The minimum Gasteiger partial charge on any atom is -0.393 e. The molecule has 24 heavy (non-hydrogen) atoms. The Morgan fingerprint density at radius 2 is 2.25 bits per heavy atom. The number of aliphatic hydroxyl groups excluding tert-OH is 1. The van der Waals surface area contributed by atoms with E-state index >= 15 is 0 Å². The molecule has 7 heteroatoms. The molecule has 0 spiro atoms. The van der Waals surface area contributed by atoms with E-state index in [0.717, 1.165) is 0 Å². The van der Waals surface area contributed by atoms with E-state index in [-0.39, 0.29) is 30.6 Å². The first-order valence-electron chi connectivity index (χ1n) is 7.68. The highest BCUT2D eigenvalue weighted by Gasteiger charge is 2.38. The summed E-state index contributed by atoms with van der Waals surface area (Å²) in [5.41, 5.74) is -0.000890. The molecule has 1 aromatic heterocycles. The zero-order chi connectivity index (χ0) is 17.0. The van der Waals surface area contributed by atoms with Crippen LogP contribution in [0.3, 0.4) is 0 Å². The molecule has 126 valence electrons. The highest BCUT2D eigenvalue weighted by atomic mass is 19.1. The molecule has 1 aliphatic rings. The smallest absolute Gasteiger partial charge is 0.274 e. The number of nitrogens with zero attached hydrogens (tertiary/aromatic N) is 3. The highest BCUT2D eigenvalue weighted by Crippen LogP contribution is 2.24. The predicted molar refractivity (Wildman–Crippen MR) is 83.8 cm³/mol. The minimum absolute atomic E-state index is 0.204. The molecule has 0 saturated carbocycles. The Bertz CT molecular complexity index is 713. The van der Waals surface area contributed by atoms with Crippen molar-refractivity contribution in [2.24, 2.45) is 0 Å². The standard InChI is InChI=1S/C17H18FN3O3/c18-14-4-1-3-13(9-14)10-17(12-22)11-21(7-8-24-17)16(23)15-5-2-6-19-20-15/h1-6,9,22H,7-8,10-12H2. The van der Waals surface area contributed by atoms with Gasteiger partial charge in [0.05, 0.1) is 19.8 Å². The molecule has 3 rings (SSSR count). The second-order valence-electron chi connectivity index (χ2n) is 5.83. The van der Waals surface area contributed by atoms with Crippen LogP contribution in [0.25, 0.3) is 0 Å². The number of benzene rings is 1. The van der Waals surface area contributed by atoms with Crippen LogP contribution < -0.4 is 0 Å². The Hall–Kier alpha value is -2.38. The van der Waals surface area contributed by atoms with E-state index in [1.54, 1.807) is 29.2 Å². The van der Waals surface area contributed by atoms with Crippen LogP contribution >= 0.6 is 0 Å². The van der Waals surface area contributed by atoms with Gasteiger partial charge in [0.25, 0.3) is 5.91 Å². The summed E-state index contributed by atoms with van der Waals surface area (Å²) < 4.78 is 19.2. The molecule has 1 aromatic carbocycles. The topological polar surface area (TPSA) is 75.6 Å². The molecule has 1 amide bonds. The van der Waals surface area contributed by atoms with Gasteiger partial charge in [-0.2, -0.15) is 5.10 Å².